The van der Waals surface area contributed by atoms with Crippen molar-refractivity contribution in [1.29, 1.82) is 0 Å². The van der Waals surface area contributed by atoms with Gasteiger partial charge in [0.05, 0.1) is 24.7 Å². The number of hydrogen-bond donors (Lipinski definition) is 2. The largest absolute Gasteiger partial charge is 0.465 e. The predicted octanol–water partition coefficient (Wildman–Crippen LogP) is 1.88. The molecule has 0 bridgehead atoms. The van der Waals surface area contributed by atoms with Crippen molar-refractivity contribution in [1.82, 2.24) is 15.3 Å². The summed E-state index contributed by atoms with van der Waals surface area (Å²) in [4.78, 5) is 54.9. The molecule has 1 amide bonds. The lowest BCUT2D eigenvalue weighted by Gasteiger charge is -2.06. The molecule has 0 aliphatic rings. The maximum absolute atomic E-state index is 12.4. The lowest BCUT2D eigenvalue weighted by Crippen LogP contribution is -2.24. The Hall–Kier alpha value is -3.53. The zero-order valence-corrected chi connectivity index (χ0v) is 16.4. The van der Waals surface area contributed by atoms with Gasteiger partial charge in [0.1, 0.15) is 4.83 Å². The third-order valence-corrected chi connectivity index (χ3v) is 4.92. The Labute approximate surface area is 168 Å². The third kappa shape index (κ3) is 4.32. The average molecular weight is 415 g/mol. The van der Waals surface area contributed by atoms with E-state index in [1.54, 1.807) is 12.3 Å². The fourth-order valence-electron chi connectivity index (χ4n) is 2.59. The van der Waals surface area contributed by atoms with E-state index in [4.69, 9.17) is 4.74 Å². The molecule has 0 atom stereocenters. The highest BCUT2D eigenvalue weighted by atomic mass is 32.1. The molecular weight excluding hydrogens is 398 g/mol. The number of aromatic amines is 1. The lowest BCUT2D eigenvalue weighted by molar-refractivity contribution is 0.0511. The number of thiophene rings is 1. The number of carbonyl (C=O) groups is 3. The Morgan fingerprint density at radius 2 is 1.83 bits per heavy atom. The first-order chi connectivity index (χ1) is 13.9. The van der Waals surface area contributed by atoms with E-state index in [0.29, 0.717) is 26.9 Å². The van der Waals surface area contributed by atoms with E-state index in [-0.39, 0.29) is 24.9 Å². The fraction of sp³-hybridized carbons (Fsp3) is 0.211. The molecule has 0 fully saturated rings. The highest BCUT2D eigenvalue weighted by Gasteiger charge is 2.17. The van der Waals surface area contributed by atoms with E-state index in [1.165, 1.54) is 42.7 Å². The number of fused-ring (bicyclic) bond motifs is 1. The molecule has 3 aromatic rings. The van der Waals surface area contributed by atoms with Crippen LogP contribution in [0.4, 0.5) is 0 Å². The van der Waals surface area contributed by atoms with E-state index in [0.717, 1.165) is 0 Å². The van der Waals surface area contributed by atoms with Crippen molar-refractivity contribution in [3.05, 3.63) is 62.5 Å². The first-order valence-corrected chi connectivity index (χ1v) is 9.46. The third-order valence-electron chi connectivity index (χ3n) is 4.00. The molecule has 0 saturated carbocycles. The zero-order chi connectivity index (χ0) is 21.0. The van der Waals surface area contributed by atoms with Crippen molar-refractivity contribution in [2.75, 3.05) is 13.7 Å². The highest BCUT2D eigenvalue weighted by molar-refractivity contribution is 7.16. The zero-order valence-electron chi connectivity index (χ0n) is 15.6. The fourth-order valence-corrected chi connectivity index (χ4v) is 3.53. The number of nitrogens with one attached hydrogen (secondary N) is 2. The minimum atomic E-state index is -0.704. The summed E-state index contributed by atoms with van der Waals surface area (Å²) in [6.45, 7) is 1.92. The maximum Gasteiger partial charge on any atom is 0.374 e. The van der Waals surface area contributed by atoms with Crippen LogP contribution < -0.4 is 10.9 Å². The molecule has 0 radical (unpaired) electrons. The molecule has 0 saturated heterocycles. The van der Waals surface area contributed by atoms with Crippen LogP contribution in [-0.4, -0.2) is 41.5 Å². The Morgan fingerprint density at radius 3 is 2.48 bits per heavy atom. The Bertz CT molecular complexity index is 1130. The second-order valence-corrected chi connectivity index (χ2v) is 6.69. The van der Waals surface area contributed by atoms with Gasteiger partial charge in [-0.2, -0.15) is 0 Å². The molecule has 150 valence electrons. The molecule has 2 heterocycles. The molecule has 2 N–H and O–H groups in total. The van der Waals surface area contributed by atoms with E-state index >= 15 is 0 Å². The Kier molecular flexibility index (Phi) is 6.03. The lowest BCUT2D eigenvalue weighted by atomic mass is 10.1. The topological polar surface area (TPSA) is 127 Å². The number of nitrogens with zero attached hydrogens (tertiary/aromatic N) is 1. The molecule has 0 unspecified atom stereocenters. The average Bonchev–Trinajstić information content (AvgIpc) is 3.15. The van der Waals surface area contributed by atoms with E-state index < -0.39 is 17.5 Å². The van der Waals surface area contributed by atoms with Gasteiger partial charge in [-0.3, -0.25) is 9.59 Å². The number of esters is 2. The van der Waals surface area contributed by atoms with E-state index in [9.17, 15) is 19.2 Å². The number of hydrogen-bond acceptors (Lipinski definition) is 8. The molecular formula is C19H17N3O6S. The molecule has 0 spiro atoms. The van der Waals surface area contributed by atoms with Gasteiger partial charge in [0, 0.05) is 12.1 Å². The monoisotopic (exact) mass is 415 g/mol. The van der Waals surface area contributed by atoms with Crippen LogP contribution in [0.15, 0.2) is 34.4 Å². The highest BCUT2D eigenvalue weighted by Crippen LogP contribution is 2.21. The van der Waals surface area contributed by atoms with Crippen molar-refractivity contribution in [3.8, 4) is 0 Å². The number of amides is 1. The van der Waals surface area contributed by atoms with Crippen LogP contribution in [-0.2, 0) is 16.0 Å². The molecule has 10 heteroatoms. The van der Waals surface area contributed by atoms with Gasteiger partial charge < -0.3 is 19.8 Å². The van der Waals surface area contributed by atoms with Gasteiger partial charge in [-0.15, -0.1) is 11.3 Å². The van der Waals surface area contributed by atoms with Crippen molar-refractivity contribution >= 4 is 39.4 Å². The molecule has 1 aromatic carbocycles. The minimum absolute atomic E-state index is 0.0983. The summed E-state index contributed by atoms with van der Waals surface area (Å²) in [5.41, 5.74) is 0.788. The van der Waals surface area contributed by atoms with Crippen molar-refractivity contribution < 1.29 is 23.9 Å². The van der Waals surface area contributed by atoms with Gasteiger partial charge in [0.15, 0.2) is 0 Å². The molecule has 29 heavy (non-hydrogen) atoms. The summed E-state index contributed by atoms with van der Waals surface area (Å²) >= 11 is 1.19. The van der Waals surface area contributed by atoms with Crippen LogP contribution in [0.5, 0.6) is 0 Å². The van der Waals surface area contributed by atoms with Crippen molar-refractivity contribution in [2.24, 2.45) is 0 Å². The van der Waals surface area contributed by atoms with E-state index in [1.807, 2.05) is 0 Å². The van der Waals surface area contributed by atoms with Crippen LogP contribution in [0.1, 0.15) is 43.8 Å². The van der Waals surface area contributed by atoms with Crippen molar-refractivity contribution in [3.63, 3.8) is 0 Å². The second kappa shape index (κ2) is 8.65. The number of methoxy groups -OCH3 is 1. The first kappa shape index (κ1) is 20.2. The molecule has 2 aromatic heterocycles. The summed E-state index contributed by atoms with van der Waals surface area (Å²) < 4.78 is 9.46. The number of rotatable bonds is 6. The predicted molar refractivity (Wildman–Crippen MR) is 105 cm³/mol. The summed E-state index contributed by atoms with van der Waals surface area (Å²) in [5, 5.41) is 4.73. The standard InChI is InChI=1S/C19H17N3O6S/c1-3-28-19(26)14-21-16(24)13-12(9-29-17(13)22-14)8-20-15(23)10-4-6-11(7-5-10)18(25)27-2/h4-7,9H,3,8H2,1-2H3,(H,20,23)(H,21,22,24). The first-order valence-electron chi connectivity index (χ1n) is 8.58. The molecule has 3 rings (SSSR count). The maximum atomic E-state index is 12.4. The van der Waals surface area contributed by atoms with Crippen molar-refractivity contribution in [2.45, 2.75) is 13.5 Å². The summed E-state index contributed by atoms with van der Waals surface area (Å²) in [6, 6.07) is 6.00. The number of carbonyl (C=O) groups excluding carboxylic acids is 3. The summed E-state index contributed by atoms with van der Waals surface area (Å²) in [5.74, 6) is -1.72. The van der Waals surface area contributed by atoms with Crippen LogP contribution >= 0.6 is 11.3 Å². The summed E-state index contributed by atoms with van der Waals surface area (Å²) in [6.07, 6.45) is 0. The molecule has 9 nitrogen and oxygen atoms in total. The minimum Gasteiger partial charge on any atom is -0.465 e. The normalized spacial score (nSPS) is 10.6. The Morgan fingerprint density at radius 1 is 1.14 bits per heavy atom. The van der Waals surface area contributed by atoms with Crippen LogP contribution in [0.3, 0.4) is 0 Å². The SMILES string of the molecule is CCOC(=O)c1nc2scc(CNC(=O)c3ccc(C(=O)OC)cc3)c2c(=O)[nH]1. The second-order valence-electron chi connectivity index (χ2n) is 5.83. The summed E-state index contributed by atoms with van der Waals surface area (Å²) in [7, 11) is 1.28. The van der Waals surface area contributed by atoms with E-state index in [2.05, 4.69) is 20.0 Å². The quantitative estimate of drug-likeness (QED) is 0.588. The van der Waals surface area contributed by atoms with Crippen LogP contribution in [0, 0.1) is 0 Å². The molecule has 0 aliphatic carbocycles. The van der Waals surface area contributed by atoms with Gasteiger partial charge in [-0.25, -0.2) is 14.6 Å². The Balaban J connectivity index is 1.75. The number of H-pyrrole nitrogens is 1. The van der Waals surface area contributed by atoms with Gasteiger partial charge in [0.2, 0.25) is 5.82 Å². The number of benzene rings is 1. The van der Waals surface area contributed by atoms with Gasteiger partial charge >= 0.3 is 11.9 Å². The van der Waals surface area contributed by atoms with Crippen LogP contribution in [0.2, 0.25) is 0 Å². The van der Waals surface area contributed by atoms with Crippen LogP contribution in [0.25, 0.3) is 10.2 Å². The van der Waals surface area contributed by atoms with Gasteiger partial charge in [0.25, 0.3) is 11.5 Å². The van der Waals surface area contributed by atoms with Gasteiger partial charge in [-0.1, -0.05) is 0 Å². The smallest absolute Gasteiger partial charge is 0.374 e. The number of aromatic nitrogens is 2. The number of ether oxygens (including phenoxy) is 2. The molecule has 0 aliphatic heterocycles. The van der Waals surface area contributed by atoms with Gasteiger partial charge in [-0.05, 0) is 42.1 Å².